The molecule has 0 radical (unpaired) electrons. The monoisotopic (exact) mass is 316 g/mol. The second-order valence-electron chi connectivity index (χ2n) is 5.81. The maximum absolute atomic E-state index is 13.2. The lowest BCUT2D eigenvalue weighted by Gasteiger charge is -2.27. The number of nitrogens with zero attached hydrogens (tertiary/aromatic N) is 2. The van der Waals surface area contributed by atoms with Gasteiger partial charge in [0.1, 0.15) is 5.82 Å². The van der Waals surface area contributed by atoms with Crippen LogP contribution in [0.3, 0.4) is 0 Å². The molecule has 0 saturated carbocycles. The second-order valence-corrected chi connectivity index (χ2v) is 5.81. The Bertz CT molecular complexity index is 713. The Morgan fingerprint density at radius 2 is 2.13 bits per heavy atom. The van der Waals surface area contributed by atoms with Crippen LogP contribution in [0.15, 0.2) is 24.3 Å². The van der Waals surface area contributed by atoms with Crippen LogP contribution in [0.5, 0.6) is 0 Å². The van der Waals surface area contributed by atoms with Crippen molar-refractivity contribution >= 4 is 16.8 Å². The van der Waals surface area contributed by atoms with Gasteiger partial charge in [-0.3, -0.25) is 14.7 Å². The molecule has 3 rings (SSSR count). The summed E-state index contributed by atoms with van der Waals surface area (Å²) in [5.74, 6) is -0.450. The summed E-state index contributed by atoms with van der Waals surface area (Å²) in [6, 6.07) is 6.19. The molecule has 1 fully saturated rings. The van der Waals surface area contributed by atoms with Crippen molar-refractivity contribution in [3.63, 3.8) is 0 Å². The highest BCUT2D eigenvalue weighted by atomic mass is 19.1. The number of carbonyl (C=O) groups excluding carboxylic acids is 1. The molecule has 122 valence electrons. The van der Waals surface area contributed by atoms with Crippen LogP contribution in [0.2, 0.25) is 0 Å². The fraction of sp³-hybridized carbons (Fsp3) is 0.412. The SMILES string of the molecule is Cc1nc2cc(F)ccc2cc1C(=O)NCCN1CCNCC1. The van der Waals surface area contributed by atoms with Crippen LogP contribution in [0.25, 0.3) is 10.9 Å². The van der Waals surface area contributed by atoms with Gasteiger partial charge in [0.2, 0.25) is 0 Å². The molecule has 1 aromatic carbocycles. The lowest BCUT2D eigenvalue weighted by atomic mass is 10.1. The standard InChI is InChI=1S/C17H21FN4O/c1-12-15(10-13-2-3-14(18)11-16(13)21-12)17(23)20-6-9-22-7-4-19-5-8-22/h2-3,10-11,19H,4-9H2,1H3,(H,20,23). The zero-order chi connectivity index (χ0) is 16.2. The zero-order valence-electron chi connectivity index (χ0n) is 13.2. The summed E-state index contributed by atoms with van der Waals surface area (Å²) in [5.41, 5.74) is 1.73. The molecular weight excluding hydrogens is 295 g/mol. The molecule has 2 N–H and O–H groups in total. The average Bonchev–Trinajstić information content (AvgIpc) is 2.55. The van der Waals surface area contributed by atoms with E-state index in [4.69, 9.17) is 0 Å². The molecule has 1 aliphatic rings. The first-order chi connectivity index (χ1) is 11.1. The van der Waals surface area contributed by atoms with Crippen LogP contribution in [0.1, 0.15) is 16.1 Å². The first-order valence-corrected chi connectivity index (χ1v) is 7.92. The molecule has 6 heteroatoms. The van der Waals surface area contributed by atoms with Gasteiger partial charge in [-0.05, 0) is 25.1 Å². The number of aromatic nitrogens is 1. The van der Waals surface area contributed by atoms with Crippen molar-refractivity contribution in [2.24, 2.45) is 0 Å². The van der Waals surface area contributed by atoms with E-state index < -0.39 is 0 Å². The number of hydrogen-bond acceptors (Lipinski definition) is 4. The molecule has 1 saturated heterocycles. The number of carbonyl (C=O) groups is 1. The van der Waals surface area contributed by atoms with E-state index in [1.807, 2.05) is 0 Å². The Kier molecular flexibility index (Phi) is 4.83. The number of amides is 1. The summed E-state index contributed by atoms with van der Waals surface area (Å²) in [4.78, 5) is 19.0. The van der Waals surface area contributed by atoms with E-state index in [0.717, 1.165) is 38.1 Å². The van der Waals surface area contributed by atoms with Crippen LogP contribution >= 0.6 is 0 Å². The van der Waals surface area contributed by atoms with E-state index in [1.165, 1.54) is 12.1 Å². The molecule has 23 heavy (non-hydrogen) atoms. The Morgan fingerprint density at radius 3 is 2.91 bits per heavy atom. The molecule has 0 bridgehead atoms. The molecule has 0 unspecified atom stereocenters. The first-order valence-electron chi connectivity index (χ1n) is 7.92. The van der Waals surface area contributed by atoms with E-state index in [9.17, 15) is 9.18 Å². The van der Waals surface area contributed by atoms with Crippen molar-refractivity contribution in [1.29, 1.82) is 0 Å². The highest BCUT2D eigenvalue weighted by molar-refractivity contribution is 5.98. The molecule has 0 spiro atoms. The Balaban J connectivity index is 1.65. The molecular formula is C17H21FN4O. The normalized spacial score (nSPS) is 15.7. The number of benzene rings is 1. The molecule has 1 aromatic heterocycles. The van der Waals surface area contributed by atoms with Gasteiger partial charge < -0.3 is 10.6 Å². The van der Waals surface area contributed by atoms with Crippen molar-refractivity contribution < 1.29 is 9.18 Å². The van der Waals surface area contributed by atoms with Crippen LogP contribution in [0, 0.1) is 12.7 Å². The van der Waals surface area contributed by atoms with E-state index in [2.05, 4.69) is 20.5 Å². The molecule has 5 nitrogen and oxygen atoms in total. The Labute approximate surface area is 134 Å². The summed E-state index contributed by atoms with van der Waals surface area (Å²) >= 11 is 0. The minimum Gasteiger partial charge on any atom is -0.351 e. The predicted octanol–water partition coefficient (Wildman–Crippen LogP) is 1.32. The lowest BCUT2D eigenvalue weighted by molar-refractivity contribution is 0.0946. The van der Waals surface area contributed by atoms with E-state index in [0.29, 0.717) is 23.3 Å². The molecule has 0 atom stereocenters. The number of halogens is 1. The van der Waals surface area contributed by atoms with Gasteiger partial charge in [-0.25, -0.2) is 4.39 Å². The van der Waals surface area contributed by atoms with Crippen LogP contribution in [-0.4, -0.2) is 55.1 Å². The molecule has 1 amide bonds. The van der Waals surface area contributed by atoms with Crippen molar-refractivity contribution in [1.82, 2.24) is 20.5 Å². The van der Waals surface area contributed by atoms with Crippen LogP contribution in [-0.2, 0) is 0 Å². The topological polar surface area (TPSA) is 57.3 Å². The lowest BCUT2D eigenvalue weighted by Crippen LogP contribution is -2.46. The van der Waals surface area contributed by atoms with Gasteiger partial charge in [0.15, 0.2) is 0 Å². The van der Waals surface area contributed by atoms with Gasteiger partial charge in [-0.1, -0.05) is 0 Å². The van der Waals surface area contributed by atoms with Gasteiger partial charge >= 0.3 is 0 Å². The van der Waals surface area contributed by atoms with Gasteiger partial charge in [-0.2, -0.15) is 0 Å². The number of nitrogens with one attached hydrogen (secondary N) is 2. The summed E-state index contributed by atoms with van der Waals surface area (Å²) in [7, 11) is 0. The first kappa shape index (κ1) is 15.8. The van der Waals surface area contributed by atoms with Crippen LogP contribution in [0.4, 0.5) is 4.39 Å². The average molecular weight is 316 g/mol. The zero-order valence-corrected chi connectivity index (χ0v) is 13.2. The predicted molar refractivity (Wildman–Crippen MR) is 88.1 cm³/mol. The number of pyridine rings is 1. The maximum Gasteiger partial charge on any atom is 0.253 e. The van der Waals surface area contributed by atoms with Gasteiger partial charge in [0.05, 0.1) is 16.8 Å². The van der Waals surface area contributed by atoms with E-state index >= 15 is 0 Å². The number of fused-ring (bicyclic) bond motifs is 1. The van der Waals surface area contributed by atoms with E-state index in [1.54, 1.807) is 19.1 Å². The Hall–Kier alpha value is -2.05. The van der Waals surface area contributed by atoms with Crippen LogP contribution < -0.4 is 10.6 Å². The van der Waals surface area contributed by atoms with Gasteiger partial charge in [0, 0.05) is 50.7 Å². The van der Waals surface area contributed by atoms with Gasteiger partial charge in [0.25, 0.3) is 5.91 Å². The molecule has 2 aromatic rings. The smallest absolute Gasteiger partial charge is 0.253 e. The summed E-state index contributed by atoms with van der Waals surface area (Å²) in [6.45, 7) is 7.25. The summed E-state index contributed by atoms with van der Waals surface area (Å²) in [5, 5.41) is 7.02. The quantitative estimate of drug-likeness (QED) is 0.893. The highest BCUT2D eigenvalue weighted by Gasteiger charge is 2.13. The Morgan fingerprint density at radius 1 is 1.35 bits per heavy atom. The van der Waals surface area contributed by atoms with Crippen molar-refractivity contribution in [2.45, 2.75) is 6.92 Å². The molecule has 0 aliphatic carbocycles. The largest absolute Gasteiger partial charge is 0.351 e. The fourth-order valence-corrected chi connectivity index (χ4v) is 2.82. The maximum atomic E-state index is 13.2. The van der Waals surface area contributed by atoms with Crippen molar-refractivity contribution in [3.8, 4) is 0 Å². The minimum absolute atomic E-state index is 0.128. The third kappa shape index (κ3) is 3.83. The van der Waals surface area contributed by atoms with Crippen molar-refractivity contribution in [3.05, 3.63) is 41.3 Å². The van der Waals surface area contributed by atoms with E-state index in [-0.39, 0.29) is 11.7 Å². The second kappa shape index (κ2) is 7.02. The molecule has 1 aliphatic heterocycles. The number of hydrogen-bond donors (Lipinski definition) is 2. The fourth-order valence-electron chi connectivity index (χ4n) is 2.82. The summed E-state index contributed by atoms with van der Waals surface area (Å²) in [6.07, 6.45) is 0. The van der Waals surface area contributed by atoms with Gasteiger partial charge in [-0.15, -0.1) is 0 Å². The van der Waals surface area contributed by atoms with Crippen molar-refractivity contribution in [2.75, 3.05) is 39.3 Å². The highest BCUT2D eigenvalue weighted by Crippen LogP contribution is 2.17. The number of aryl methyl sites for hydroxylation is 1. The third-order valence-corrected chi connectivity index (χ3v) is 4.14. The molecule has 2 heterocycles. The summed E-state index contributed by atoms with van der Waals surface area (Å²) < 4.78 is 13.2. The number of rotatable bonds is 4. The minimum atomic E-state index is -0.322. The number of piperazine rings is 1. The third-order valence-electron chi connectivity index (χ3n) is 4.14.